The largest absolute Gasteiger partial charge is 0.334 e. The number of sulfonamides is 1. The van der Waals surface area contributed by atoms with Gasteiger partial charge in [0.15, 0.2) is 0 Å². The summed E-state index contributed by atoms with van der Waals surface area (Å²) >= 11 is 1.61. The summed E-state index contributed by atoms with van der Waals surface area (Å²) in [5.74, 6) is 0.530. The van der Waals surface area contributed by atoms with Crippen molar-refractivity contribution in [2.75, 3.05) is 19.6 Å². The van der Waals surface area contributed by atoms with Crippen molar-refractivity contribution in [3.8, 4) is 0 Å². The second kappa shape index (κ2) is 8.76. The van der Waals surface area contributed by atoms with Gasteiger partial charge < -0.3 is 4.90 Å². The summed E-state index contributed by atoms with van der Waals surface area (Å²) < 4.78 is 27.9. The quantitative estimate of drug-likeness (QED) is 0.708. The van der Waals surface area contributed by atoms with Gasteiger partial charge in [-0.15, -0.1) is 11.3 Å². The number of nitrogens with zero attached hydrogens (tertiary/aromatic N) is 2. The van der Waals surface area contributed by atoms with E-state index in [9.17, 15) is 13.2 Å². The average Bonchev–Trinajstić information content (AvgIpc) is 3.18. The predicted molar refractivity (Wildman–Crippen MR) is 113 cm³/mol. The summed E-state index contributed by atoms with van der Waals surface area (Å²) in [5.41, 5.74) is 0.414. The highest BCUT2D eigenvalue weighted by Gasteiger charge is 2.32. The van der Waals surface area contributed by atoms with Gasteiger partial charge in [-0.3, -0.25) is 4.79 Å². The van der Waals surface area contributed by atoms with Gasteiger partial charge >= 0.3 is 0 Å². The summed E-state index contributed by atoms with van der Waals surface area (Å²) in [4.78, 5) is 16.0. The molecular formula is C21H28N2O3S2. The lowest BCUT2D eigenvalue weighted by Gasteiger charge is -2.34. The number of carbonyl (C=O) groups is 1. The van der Waals surface area contributed by atoms with Crippen LogP contribution in [0.25, 0.3) is 0 Å². The second-order valence-corrected chi connectivity index (χ2v) is 10.7. The molecule has 1 aliphatic heterocycles. The molecule has 152 valence electrons. The SMILES string of the molecule is CCN(Cc1cccs1)C(=O)c1cccc(S(=O)(=O)N2C[C@H](C)C[C@H](C)C2)c1. The van der Waals surface area contributed by atoms with Gasteiger partial charge in [0.2, 0.25) is 10.0 Å². The maximum Gasteiger partial charge on any atom is 0.254 e. The van der Waals surface area contributed by atoms with Crippen LogP contribution < -0.4 is 0 Å². The molecule has 0 aliphatic carbocycles. The van der Waals surface area contributed by atoms with Gasteiger partial charge in [0.25, 0.3) is 5.91 Å². The standard InChI is InChI=1S/C21H28N2O3S2/c1-4-22(15-19-8-6-10-27-19)21(24)18-7-5-9-20(12-18)28(25,26)23-13-16(2)11-17(3)14-23/h5-10,12,16-17H,4,11,13-15H2,1-3H3/t16-,17+. The Morgan fingerprint density at radius 3 is 2.50 bits per heavy atom. The maximum atomic E-state index is 13.2. The molecule has 0 bridgehead atoms. The van der Waals surface area contributed by atoms with E-state index >= 15 is 0 Å². The Kier molecular flexibility index (Phi) is 6.58. The molecule has 1 fully saturated rings. The van der Waals surface area contributed by atoms with Crippen molar-refractivity contribution in [2.45, 2.75) is 38.6 Å². The molecule has 3 rings (SSSR count). The summed E-state index contributed by atoms with van der Waals surface area (Å²) in [5, 5.41) is 1.99. The van der Waals surface area contributed by atoms with Crippen LogP contribution in [0.4, 0.5) is 0 Å². The first kappa shape index (κ1) is 21.0. The maximum absolute atomic E-state index is 13.2. The van der Waals surface area contributed by atoms with E-state index < -0.39 is 10.0 Å². The molecule has 2 aromatic rings. The molecule has 1 amide bonds. The van der Waals surface area contributed by atoms with Crippen molar-refractivity contribution >= 4 is 27.3 Å². The fourth-order valence-corrected chi connectivity index (χ4v) is 6.29. The molecule has 1 aliphatic rings. The molecule has 7 heteroatoms. The highest BCUT2D eigenvalue weighted by molar-refractivity contribution is 7.89. The first-order chi connectivity index (χ1) is 13.3. The third-order valence-corrected chi connectivity index (χ3v) is 7.84. The molecule has 0 N–H and O–H groups in total. The zero-order valence-corrected chi connectivity index (χ0v) is 18.3. The Hall–Kier alpha value is -1.70. The Morgan fingerprint density at radius 1 is 1.18 bits per heavy atom. The fourth-order valence-electron chi connectivity index (χ4n) is 3.84. The number of thiophene rings is 1. The average molecular weight is 421 g/mol. The lowest BCUT2D eigenvalue weighted by Crippen LogP contribution is -2.42. The van der Waals surface area contributed by atoms with Crippen LogP contribution in [0.1, 0.15) is 42.4 Å². The lowest BCUT2D eigenvalue weighted by atomic mass is 9.94. The van der Waals surface area contributed by atoms with Crippen LogP contribution in [-0.4, -0.2) is 43.2 Å². The minimum absolute atomic E-state index is 0.145. The highest BCUT2D eigenvalue weighted by atomic mass is 32.2. The van der Waals surface area contributed by atoms with Crippen LogP contribution in [0, 0.1) is 11.8 Å². The lowest BCUT2D eigenvalue weighted by molar-refractivity contribution is 0.0754. The van der Waals surface area contributed by atoms with E-state index in [1.54, 1.807) is 38.7 Å². The summed E-state index contributed by atoms with van der Waals surface area (Å²) in [7, 11) is -3.60. The smallest absolute Gasteiger partial charge is 0.254 e. The number of rotatable bonds is 6. The molecule has 5 nitrogen and oxygen atoms in total. The molecule has 0 radical (unpaired) electrons. The van der Waals surface area contributed by atoms with E-state index in [2.05, 4.69) is 13.8 Å². The normalized spacial score (nSPS) is 20.8. The van der Waals surface area contributed by atoms with Crippen molar-refractivity contribution in [2.24, 2.45) is 11.8 Å². The molecule has 1 aromatic heterocycles. The topological polar surface area (TPSA) is 57.7 Å². The monoisotopic (exact) mass is 420 g/mol. The molecule has 1 saturated heterocycles. The third kappa shape index (κ3) is 4.64. The predicted octanol–water partition coefficient (Wildman–Crippen LogP) is 4.08. The third-order valence-electron chi connectivity index (χ3n) is 5.15. The zero-order chi connectivity index (χ0) is 20.3. The summed E-state index contributed by atoms with van der Waals surface area (Å²) in [6.45, 7) is 8.26. The Bertz CT molecular complexity index is 899. The molecule has 0 saturated carbocycles. The molecular weight excluding hydrogens is 392 g/mol. The first-order valence-electron chi connectivity index (χ1n) is 9.73. The molecule has 2 heterocycles. The van der Waals surface area contributed by atoms with Gasteiger partial charge in [-0.25, -0.2) is 8.42 Å². The number of hydrogen-bond acceptors (Lipinski definition) is 4. The number of benzene rings is 1. The van der Waals surface area contributed by atoms with Crippen molar-refractivity contribution in [1.82, 2.24) is 9.21 Å². The summed E-state index contributed by atoms with van der Waals surface area (Å²) in [6.07, 6.45) is 1.04. The van der Waals surface area contributed by atoms with Crippen LogP contribution in [0.3, 0.4) is 0 Å². The molecule has 1 aromatic carbocycles. The van der Waals surface area contributed by atoms with Gasteiger partial charge in [0, 0.05) is 30.1 Å². The number of carbonyl (C=O) groups excluding carboxylic acids is 1. The van der Waals surface area contributed by atoms with E-state index in [4.69, 9.17) is 0 Å². The van der Waals surface area contributed by atoms with Crippen molar-refractivity contribution in [1.29, 1.82) is 0 Å². The van der Waals surface area contributed by atoms with Gasteiger partial charge in [-0.1, -0.05) is 26.0 Å². The number of piperidine rings is 1. The van der Waals surface area contributed by atoms with Gasteiger partial charge in [-0.05, 0) is 54.8 Å². The van der Waals surface area contributed by atoms with Crippen LogP contribution in [0.15, 0.2) is 46.7 Å². The van der Waals surface area contributed by atoms with Crippen molar-refractivity contribution in [3.63, 3.8) is 0 Å². The molecule has 0 unspecified atom stereocenters. The number of amides is 1. The zero-order valence-electron chi connectivity index (χ0n) is 16.7. The van der Waals surface area contributed by atoms with Crippen molar-refractivity contribution in [3.05, 3.63) is 52.2 Å². The first-order valence-corrected chi connectivity index (χ1v) is 12.0. The van der Waals surface area contributed by atoms with Gasteiger partial charge in [-0.2, -0.15) is 4.31 Å². The van der Waals surface area contributed by atoms with Crippen molar-refractivity contribution < 1.29 is 13.2 Å². The Labute approximate surface area is 172 Å². The number of hydrogen-bond donors (Lipinski definition) is 0. The van der Waals surface area contributed by atoms with Gasteiger partial charge in [0.1, 0.15) is 0 Å². The van der Waals surface area contributed by atoms with Crippen LogP contribution in [-0.2, 0) is 16.6 Å². The Morgan fingerprint density at radius 2 is 1.89 bits per heavy atom. The van der Waals surface area contributed by atoms with E-state index in [0.717, 1.165) is 11.3 Å². The second-order valence-electron chi connectivity index (χ2n) is 7.69. The van der Waals surface area contributed by atoms with Crippen LogP contribution >= 0.6 is 11.3 Å². The minimum Gasteiger partial charge on any atom is -0.334 e. The molecule has 28 heavy (non-hydrogen) atoms. The minimum atomic E-state index is -3.60. The molecule has 2 atom stereocenters. The van der Waals surface area contributed by atoms with Crippen LogP contribution in [0.2, 0.25) is 0 Å². The van der Waals surface area contributed by atoms with Gasteiger partial charge in [0.05, 0.1) is 11.4 Å². The highest BCUT2D eigenvalue weighted by Crippen LogP contribution is 2.27. The van der Waals surface area contributed by atoms with E-state index in [1.807, 2.05) is 24.4 Å². The molecule has 0 spiro atoms. The Balaban J connectivity index is 1.83. The fraction of sp³-hybridized carbons (Fsp3) is 0.476. The van der Waals surface area contributed by atoms with E-state index in [-0.39, 0.29) is 10.8 Å². The van der Waals surface area contributed by atoms with E-state index in [1.165, 1.54) is 6.07 Å². The van der Waals surface area contributed by atoms with Crippen LogP contribution in [0.5, 0.6) is 0 Å². The van der Waals surface area contributed by atoms with E-state index in [0.29, 0.717) is 43.6 Å². The summed E-state index contributed by atoms with van der Waals surface area (Å²) in [6, 6.07) is 10.4.